The molecular weight excluding hydrogens is 324 g/mol. The molecule has 0 radical (unpaired) electrons. The molecule has 0 unspecified atom stereocenters. The van der Waals surface area contributed by atoms with Crippen LogP contribution in [0.2, 0.25) is 0 Å². The highest BCUT2D eigenvalue weighted by Gasteiger charge is 2.36. The van der Waals surface area contributed by atoms with Gasteiger partial charge in [0, 0.05) is 5.41 Å². The van der Waals surface area contributed by atoms with Crippen LogP contribution in [0.4, 0.5) is 0 Å². The number of aryl methyl sites for hydroxylation is 2. The normalized spacial score (nSPS) is 14.2. The predicted octanol–water partition coefficient (Wildman–Crippen LogP) is 7.43. The van der Waals surface area contributed by atoms with Crippen molar-refractivity contribution in [2.45, 2.75) is 33.1 Å². The molecule has 0 amide bonds. The summed E-state index contributed by atoms with van der Waals surface area (Å²) in [5.41, 5.74) is 11.0. The minimum absolute atomic E-state index is 0.0163. The van der Waals surface area contributed by atoms with Crippen LogP contribution in [0, 0.1) is 13.8 Å². The molecule has 0 heterocycles. The van der Waals surface area contributed by atoms with Gasteiger partial charge in [0.05, 0.1) is 0 Å². The summed E-state index contributed by atoms with van der Waals surface area (Å²) in [6.07, 6.45) is 0. The van der Waals surface area contributed by atoms with E-state index in [1.165, 1.54) is 55.3 Å². The molecule has 0 fully saturated rings. The second-order valence-electron chi connectivity index (χ2n) is 8.38. The summed E-state index contributed by atoms with van der Waals surface area (Å²) in [7, 11) is 0. The highest BCUT2D eigenvalue weighted by Crippen LogP contribution is 2.53. The smallest absolute Gasteiger partial charge is 0.0159 e. The summed E-state index contributed by atoms with van der Waals surface area (Å²) < 4.78 is 0. The van der Waals surface area contributed by atoms with E-state index in [0.29, 0.717) is 0 Å². The van der Waals surface area contributed by atoms with Gasteiger partial charge >= 0.3 is 0 Å². The minimum Gasteiger partial charge on any atom is -0.0619 e. The molecule has 0 heteroatoms. The van der Waals surface area contributed by atoms with Crippen molar-refractivity contribution in [3.05, 3.63) is 95.1 Å². The highest BCUT2D eigenvalue weighted by atomic mass is 14.4. The lowest BCUT2D eigenvalue weighted by molar-refractivity contribution is 0.661. The van der Waals surface area contributed by atoms with Gasteiger partial charge in [0.15, 0.2) is 0 Å². The molecule has 4 aromatic rings. The van der Waals surface area contributed by atoms with Gasteiger partial charge in [0.25, 0.3) is 0 Å². The maximum atomic E-state index is 2.46. The quantitative estimate of drug-likeness (QED) is 0.335. The van der Waals surface area contributed by atoms with Crippen LogP contribution in [-0.4, -0.2) is 0 Å². The fourth-order valence-electron chi connectivity index (χ4n) is 4.80. The lowest BCUT2D eigenvalue weighted by Crippen LogP contribution is -2.15. The third-order valence-electron chi connectivity index (χ3n) is 6.27. The highest BCUT2D eigenvalue weighted by molar-refractivity contribution is 6.09. The Hall–Kier alpha value is -2.86. The SMILES string of the molecule is Cc1ccc(C)c(-c2cc3c(c4ccccc24)-c2ccccc2C3(C)C)c1. The molecule has 132 valence electrons. The van der Waals surface area contributed by atoms with Crippen LogP contribution >= 0.6 is 0 Å². The first-order valence-corrected chi connectivity index (χ1v) is 9.72. The standard InChI is InChI=1S/C27H24/c1-17-13-14-18(2)22(15-17)23-16-25-26(20-10-6-5-9-19(20)23)21-11-7-8-12-24(21)27(25,3)4/h5-16H,1-4H3. The number of fused-ring (bicyclic) bond motifs is 5. The fraction of sp³-hybridized carbons (Fsp3) is 0.185. The first-order valence-electron chi connectivity index (χ1n) is 9.72. The molecule has 0 N–H and O–H groups in total. The van der Waals surface area contributed by atoms with Crippen LogP contribution in [0.1, 0.15) is 36.1 Å². The first kappa shape index (κ1) is 16.3. The largest absolute Gasteiger partial charge is 0.0619 e. The molecule has 0 saturated carbocycles. The molecule has 0 bridgehead atoms. The molecule has 0 aliphatic heterocycles. The monoisotopic (exact) mass is 348 g/mol. The van der Waals surface area contributed by atoms with Crippen molar-refractivity contribution < 1.29 is 0 Å². The van der Waals surface area contributed by atoms with Crippen LogP contribution in [0.5, 0.6) is 0 Å². The minimum atomic E-state index is 0.0163. The topological polar surface area (TPSA) is 0 Å². The van der Waals surface area contributed by atoms with Crippen molar-refractivity contribution >= 4 is 10.8 Å². The van der Waals surface area contributed by atoms with Crippen LogP contribution in [0.25, 0.3) is 33.0 Å². The summed E-state index contributed by atoms with van der Waals surface area (Å²) >= 11 is 0. The average Bonchev–Trinajstić information content (AvgIpc) is 2.91. The summed E-state index contributed by atoms with van der Waals surface area (Å²) in [5, 5.41) is 2.71. The maximum Gasteiger partial charge on any atom is 0.0159 e. The molecule has 0 spiro atoms. The Morgan fingerprint density at radius 3 is 2.11 bits per heavy atom. The van der Waals surface area contributed by atoms with Gasteiger partial charge in [-0.2, -0.15) is 0 Å². The van der Waals surface area contributed by atoms with E-state index in [2.05, 4.69) is 100 Å². The van der Waals surface area contributed by atoms with Crippen molar-refractivity contribution in [2.24, 2.45) is 0 Å². The van der Waals surface area contributed by atoms with Gasteiger partial charge < -0.3 is 0 Å². The summed E-state index contributed by atoms with van der Waals surface area (Å²) in [6.45, 7) is 9.12. The third-order valence-corrected chi connectivity index (χ3v) is 6.27. The lowest BCUT2D eigenvalue weighted by Gasteiger charge is -2.23. The van der Waals surface area contributed by atoms with Crippen molar-refractivity contribution in [1.82, 2.24) is 0 Å². The number of hydrogen-bond donors (Lipinski definition) is 0. The van der Waals surface area contributed by atoms with Gasteiger partial charge in [-0.25, -0.2) is 0 Å². The van der Waals surface area contributed by atoms with Crippen molar-refractivity contribution in [2.75, 3.05) is 0 Å². The molecule has 0 atom stereocenters. The summed E-state index contributed by atoms with van der Waals surface area (Å²) in [4.78, 5) is 0. The molecule has 1 aliphatic carbocycles. The van der Waals surface area contributed by atoms with E-state index in [1.807, 2.05) is 0 Å². The number of hydrogen-bond acceptors (Lipinski definition) is 0. The van der Waals surface area contributed by atoms with E-state index >= 15 is 0 Å². The van der Waals surface area contributed by atoms with Gasteiger partial charge in [-0.3, -0.25) is 0 Å². The van der Waals surface area contributed by atoms with Crippen molar-refractivity contribution in [1.29, 1.82) is 0 Å². The Bertz CT molecular complexity index is 1210. The van der Waals surface area contributed by atoms with Crippen LogP contribution in [0.15, 0.2) is 72.8 Å². The summed E-state index contributed by atoms with van der Waals surface area (Å²) in [6, 6.07) is 27.0. The Labute approximate surface area is 161 Å². The summed E-state index contributed by atoms with van der Waals surface area (Å²) in [5.74, 6) is 0. The fourth-order valence-corrected chi connectivity index (χ4v) is 4.80. The zero-order valence-corrected chi connectivity index (χ0v) is 16.4. The molecule has 27 heavy (non-hydrogen) atoms. The van der Waals surface area contributed by atoms with E-state index in [-0.39, 0.29) is 5.41 Å². The van der Waals surface area contributed by atoms with Crippen LogP contribution in [0.3, 0.4) is 0 Å². The van der Waals surface area contributed by atoms with E-state index in [0.717, 1.165) is 0 Å². The van der Waals surface area contributed by atoms with Gasteiger partial charge in [-0.1, -0.05) is 86.1 Å². The molecular formula is C27H24. The zero-order valence-electron chi connectivity index (χ0n) is 16.4. The molecule has 4 aromatic carbocycles. The molecule has 0 nitrogen and oxygen atoms in total. The lowest BCUT2D eigenvalue weighted by atomic mass is 9.80. The van der Waals surface area contributed by atoms with E-state index in [1.54, 1.807) is 0 Å². The van der Waals surface area contributed by atoms with Crippen LogP contribution < -0.4 is 0 Å². The Morgan fingerprint density at radius 1 is 0.593 bits per heavy atom. The molecule has 1 aliphatic rings. The van der Waals surface area contributed by atoms with Crippen molar-refractivity contribution in [3.63, 3.8) is 0 Å². The van der Waals surface area contributed by atoms with E-state index < -0.39 is 0 Å². The number of rotatable bonds is 1. The van der Waals surface area contributed by atoms with Crippen molar-refractivity contribution in [3.8, 4) is 22.3 Å². The third kappa shape index (κ3) is 2.23. The van der Waals surface area contributed by atoms with Gasteiger partial charge in [0.2, 0.25) is 0 Å². The second-order valence-corrected chi connectivity index (χ2v) is 8.38. The average molecular weight is 348 g/mol. The van der Waals surface area contributed by atoms with E-state index in [4.69, 9.17) is 0 Å². The van der Waals surface area contributed by atoms with Gasteiger partial charge in [0.1, 0.15) is 0 Å². The Balaban J connectivity index is 1.95. The van der Waals surface area contributed by atoms with E-state index in [9.17, 15) is 0 Å². The molecule has 0 saturated heterocycles. The molecule has 5 rings (SSSR count). The maximum absolute atomic E-state index is 2.46. The first-order chi connectivity index (χ1) is 13.0. The molecule has 0 aromatic heterocycles. The number of benzene rings is 4. The zero-order chi connectivity index (χ0) is 18.8. The Kier molecular flexibility index (Phi) is 3.37. The second kappa shape index (κ2) is 5.57. The van der Waals surface area contributed by atoms with Crippen LogP contribution in [-0.2, 0) is 5.41 Å². The van der Waals surface area contributed by atoms with Gasteiger partial charge in [-0.15, -0.1) is 0 Å². The van der Waals surface area contributed by atoms with Gasteiger partial charge in [-0.05, 0) is 69.6 Å². The predicted molar refractivity (Wildman–Crippen MR) is 116 cm³/mol. The Morgan fingerprint density at radius 2 is 1.30 bits per heavy atom.